The molecule has 4 N–H and O–H groups in total. The normalized spacial score (nSPS) is 15.3. The van der Waals surface area contributed by atoms with Crippen LogP contribution < -0.4 is 10.6 Å². The molecule has 2 aliphatic rings. The summed E-state index contributed by atoms with van der Waals surface area (Å²) < 4.78 is 0. The van der Waals surface area contributed by atoms with E-state index in [1.807, 2.05) is 18.2 Å². The van der Waals surface area contributed by atoms with Crippen LogP contribution in [0.25, 0.3) is 21.8 Å². The van der Waals surface area contributed by atoms with E-state index in [4.69, 9.17) is 23.2 Å². The Morgan fingerprint density at radius 1 is 0.649 bits per heavy atom. The van der Waals surface area contributed by atoms with Crippen LogP contribution in [0.3, 0.4) is 0 Å². The Kier molecular flexibility index (Phi) is 5.45. The lowest BCUT2D eigenvalue weighted by Crippen LogP contribution is -2.19. The van der Waals surface area contributed by atoms with Crippen LogP contribution in [0.4, 0.5) is 0 Å². The molecule has 4 heterocycles. The molecule has 0 atom stereocenters. The zero-order valence-corrected chi connectivity index (χ0v) is 21.4. The van der Waals surface area contributed by atoms with Gasteiger partial charge in [-0.25, -0.2) is 0 Å². The van der Waals surface area contributed by atoms with Gasteiger partial charge in [-0.3, -0.25) is 9.98 Å². The first-order valence-corrected chi connectivity index (χ1v) is 13.2. The van der Waals surface area contributed by atoms with Gasteiger partial charge >= 0.3 is 0 Å². The lowest BCUT2D eigenvalue weighted by atomic mass is 9.84. The van der Waals surface area contributed by atoms with Crippen molar-refractivity contribution < 1.29 is 0 Å². The summed E-state index contributed by atoms with van der Waals surface area (Å²) in [6.45, 7) is 3.39. The molecule has 0 saturated carbocycles. The minimum atomic E-state index is -0.104. The highest BCUT2D eigenvalue weighted by Gasteiger charge is 2.26. The van der Waals surface area contributed by atoms with E-state index in [0.717, 1.165) is 87.5 Å². The molecule has 2 aromatic heterocycles. The molecule has 8 heteroatoms. The number of amidine groups is 2. The second-order valence-electron chi connectivity index (χ2n) is 9.42. The molecule has 184 valence electrons. The largest absolute Gasteiger partial charge is 0.368 e. The molecule has 0 unspecified atom stereocenters. The highest BCUT2D eigenvalue weighted by molar-refractivity contribution is 6.35. The predicted molar refractivity (Wildman–Crippen MR) is 153 cm³/mol. The van der Waals surface area contributed by atoms with E-state index in [0.29, 0.717) is 10.0 Å². The first-order valence-electron chi connectivity index (χ1n) is 12.4. The van der Waals surface area contributed by atoms with Crippen molar-refractivity contribution in [2.24, 2.45) is 9.98 Å². The SMILES string of the molecule is Clc1ccc(C(c2c[nH]c3cc(C4=NCCN4)ccc23)c2c[nH]c3cc(C4=NCCN4)ccc23)c(Cl)c1. The zero-order valence-electron chi connectivity index (χ0n) is 19.9. The van der Waals surface area contributed by atoms with Crippen molar-refractivity contribution in [3.8, 4) is 0 Å². The Morgan fingerprint density at radius 3 is 1.70 bits per heavy atom. The van der Waals surface area contributed by atoms with Crippen LogP contribution in [0.5, 0.6) is 0 Å². The lowest BCUT2D eigenvalue weighted by molar-refractivity contribution is 0.960. The third-order valence-corrected chi connectivity index (χ3v) is 7.78. The van der Waals surface area contributed by atoms with E-state index in [1.165, 1.54) is 0 Å². The van der Waals surface area contributed by atoms with E-state index in [-0.39, 0.29) is 5.92 Å². The first-order chi connectivity index (χ1) is 18.2. The molecule has 37 heavy (non-hydrogen) atoms. The van der Waals surface area contributed by atoms with Crippen LogP contribution in [0, 0.1) is 0 Å². The summed E-state index contributed by atoms with van der Waals surface area (Å²) in [5.74, 6) is 1.79. The summed E-state index contributed by atoms with van der Waals surface area (Å²) >= 11 is 13.1. The number of fused-ring (bicyclic) bond motifs is 2. The summed E-state index contributed by atoms with van der Waals surface area (Å²) in [4.78, 5) is 16.2. The molecule has 0 bridgehead atoms. The first kappa shape index (κ1) is 22.5. The molecule has 5 aromatic rings. The third kappa shape index (κ3) is 3.88. The third-order valence-electron chi connectivity index (χ3n) is 7.22. The number of benzene rings is 3. The van der Waals surface area contributed by atoms with Gasteiger partial charge in [-0.1, -0.05) is 53.5 Å². The maximum Gasteiger partial charge on any atom is 0.128 e. The summed E-state index contributed by atoms with van der Waals surface area (Å²) in [6, 6.07) is 18.7. The molecule has 0 spiro atoms. The number of rotatable bonds is 5. The van der Waals surface area contributed by atoms with Crippen molar-refractivity contribution in [2.75, 3.05) is 26.2 Å². The number of aromatic amines is 2. The van der Waals surface area contributed by atoms with Crippen molar-refractivity contribution in [2.45, 2.75) is 5.92 Å². The van der Waals surface area contributed by atoms with Gasteiger partial charge in [0.2, 0.25) is 0 Å². The molecule has 0 amide bonds. The molecule has 0 aliphatic carbocycles. The van der Waals surface area contributed by atoms with E-state index in [2.05, 4.69) is 79.4 Å². The lowest BCUT2D eigenvalue weighted by Gasteiger charge is -2.19. The quantitative estimate of drug-likeness (QED) is 0.232. The van der Waals surface area contributed by atoms with Crippen LogP contribution in [-0.4, -0.2) is 47.8 Å². The van der Waals surface area contributed by atoms with Gasteiger partial charge in [0.05, 0.1) is 13.1 Å². The zero-order chi connectivity index (χ0) is 24.9. The van der Waals surface area contributed by atoms with Gasteiger partial charge in [-0.15, -0.1) is 0 Å². The number of hydrogen-bond donors (Lipinski definition) is 4. The van der Waals surface area contributed by atoms with Crippen LogP contribution in [0.1, 0.15) is 33.7 Å². The van der Waals surface area contributed by atoms with Crippen molar-refractivity contribution in [1.82, 2.24) is 20.6 Å². The van der Waals surface area contributed by atoms with E-state index < -0.39 is 0 Å². The average Bonchev–Trinajstić information content (AvgIpc) is 3.72. The number of aliphatic imine (C=N–C) groups is 2. The Balaban J connectivity index is 1.39. The fraction of sp³-hybridized carbons (Fsp3) is 0.172. The fourth-order valence-corrected chi connectivity index (χ4v) is 6.01. The average molecular weight is 527 g/mol. The van der Waals surface area contributed by atoms with Gasteiger partial charge < -0.3 is 20.6 Å². The summed E-state index contributed by atoms with van der Waals surface area (Å²) in [5.41, 5.74) is 7.60. The van der Waals surface area contributed by atoms with Crippen molar-refractivity contribution in [3.63, 3.8) is 0 Å². The maximum atomic E-state index is 6.83. The van der Waals surface area contributed by atoms with Gasteiger partial charge in [0.1, 0.15) is 11.7 Å². The molecule has 0 fully saturated rings. The van der Waals surface area contributed by atoms with E-state index >= 15 is 0 Å². The van der Waals surface area contributed by atoms with Gasteiger partial charge in [0, 0.05) is 74.4 Å². The van der Waals surface area contributed by atoms with Crippen LogP contribution in [0.2, 0.25) is 10.0 Å². The molecule has 3 aromatic carbocycles. The Labute approximate surface area is 223 Å². The standard InChI is InChI=1S/C29H24Cl2N6/c30-18-3-6-21(24(31)13-18)27(22-14-36-25-11-16(1-4-19(22)25)28-32-7-8-33-28)23-15-37-26-12-17(2-5-20(23)26)29-34-9-10-35-29/h1-6,11-15,27,36-37H,7-10H2,(H,32,33)(H,34,35). The van der Waals surface area contributed by atoms with Crippen LogP contribution >= 0.6 is 23.2 Å². The summed E-state index contributed by atoms with van der Waals surface area (Å²) in [7, 11) is 0. The van der Waals surface area contributed by atoms with Crippen LogP contribution in [-0.2, 0) is 0 Å². The number of aromatic nitrogens is 2. The molecule has 0 saturated heterocycles. The summed E-state index contributed by atoms with van der Waals surface area (Å²) in [5, 5.41) is 10.3. The summed E-state index contributed by atoms with van der Waals surface area (Å²) in [6.07, 6.45) is 4.19. The van der Waals surface area contributed by atoms with Crippen LogP contribution in [0.15, 0.2) is 77.0 Å². The number of nitrogens with zero attached hydrogens (tertiary/aromatic N) is 2. The topological polar surface area (TPSA) is 80.4 Å². The number of H-pyrrole nitrogens is 2. The monoisotopic (exact) mass is 526 g/mol. The van der Waals surface area contributed by atoms with E-state index in [1.54, 1.807) is 0 Å². The van der Waals surface area contributed by atoms with Crippen molar-refractivity contribution in [1.29, 1.82) is 0 Å². The highest BCUT2D eigenvalue weighted by atomic mass is 35.5. The fourth-order valence-electron chi connectivity index (χ4n) is 5.49. The second kappa shape index (κ2) is 8.98. The van der Waals surface area contributed by atoms with Gasteiger partial charge in [-0.05, 0) is 41.0 Å². The minimum Gasteiger partial charge on any atom is -0.368 e. The maximum absolute atomic E-state index is 6.83. The number of halogens is 2. The molecule has 7 rings (SSSR count). The second-order valence-corrected chi connectivity index (χ2v) is 10.3. The van der Waals surface area contributed by atoms with Gasteiger partial charge in [-0.2, -0.15) is 0 Å². The molecule has 6 nitrogen and oxygen atoms in total. The van der Waals surface area contributed by atoms with Crippen molar-refractivity contribution >= 4 is 56.7 Å². The molecule has 2 aliphatic heterocycles. The van der Waals surface area contributed by atoms with Gasteiger partial charge in [0.25, 0.3) is 0 Å². The number of nitrogens with one attached hydrogen (secondary N) is 4. The molecule has 0 radical (unpaired) electrons. The Hall–Kier alpha value is -3.74. The number of hydrogen-bond acceptors (Lipinski definition) is 4. The Bertz CT molecular complexity index is 1630. The molecular weight excluding hydrogens is 503 g/mol. The van der Waals surface area contributed by atoms with Gasteiger partial charge in [0.15, 0.2) is 0 Å². The Morgan fingerprint density at radius 2 is 1.22 bits per heavy atom. The smallest absolute Gasteiger partial charge is 0.128 e. The minimum absolute atomic E-state index is 0.104. The van der Waals surface area contributed by atoms with E-state index in [9.17, 15) is 0 Å². The predicted octanol–water partition coefficient (Wildman–Crippen LogP) is 5.84. The van der Waals surface area contributed by atoms with Crippen molar-refractivity contribution in [3.05, 3.63) is 105 Å². The molecular formula is C29H24Cl2N6. The highest BCUT2D eigenvalue weighted by Crippen LogP contribution is 2.42.